The second kappa shape index (κ2) is 3.20. The minimum atomic E-state index is 0.827. The Morgan fingerprint density at radius 2 is 1.82 bits per heavy atom. The highest BCUT2D eigenvalue weighted by molar-refractivity contribution is 9.10. The Balaban J connectivity index is 2.18. The van der Waals surface area contributed by atoms with Crippen LogP contribution in [0.1, 0.15) is 11.5 Å². The number of rotatable bonds is 1. The molecule has 0 aromatic heterocycles. The summed E-state index contributed by atoms with van der Waals surface area (Å²) >= 11 is 5.46. The minimum absolute atomic E-state index is 0.827. The van der Waals surface area contributed by atoms with Crippen molar-refractivity contribution in [3.05, 3.63) is 34.3 Å². The van der Waals surface area contributed by atoms with Crippen molar-refractivity contribution >= 4 is 27.7 Å². The van der Waals surface area contributed by atoms with Crippen LogP contribution in [0.25, 0.3) is 0 Å². The van der Waals surface area contributed by atoms with E-state index in [0.717, 1.165) is 5.92 Å². The highest BCUT2D eigenvalue weighted by Crippen LogP contribution is 2.34. The molecule has 0 unspecified atom stereocenters. The fraction of sp³-hybridized carbons (Fsp3) is 0.333. The standard InChI is InChI=1S/C9H9BrS/c10-9-3-1-7(2-4-9)8-5-11-6-8/h1-4,8H,5-6H2. The van der Waals surface area contributed by atoms with E-state index in [4.69, 9.17) is 0 Å². The molecule has 0 spiro atoms. The molecule has 1 heterocycles. The Bertz CT molecular complexity index is 238. The third-order valence-electron chi connectivity index (χ3n) is 1.98. The molecule has 0 saturated carbocycles. The van der Waals surface area contributed by atoms with Gasteiger partial charge in [-0.15, -0.1) is 0 Å². The van der Waals surface area contributed by atoms with Gasteiger partial charge in [0.25, 0.3) is 0 Å². The van der Waals surface area contributed by atoms with Crippen molar-refractivity contribution in [1.29, 1.82) is 0 Å². The summed E-state index contributed by atoms with van der Waals surface area (Å²) in [5, 5.41) is 0. The topological polar surface area (TPSA) is 0 Å². The zero-order valence-corrected chi connectivity index (χ0v) is 8.49. The van der Waals surface area contributed by atoms with E-state index in [2.05, 4.69) is 40.2 Å². The van der Waals surface area contributed by atoms with Gasteiger partial charge in [-0.2, -0.15) is 11.8 Å². The molecule has 0 bridgehead atoms. The Labute approximate surface area is 79.5 Å². The molecule has 0 nitrogen and oxygen atoms in total. The molecule has 1 aliphatic heterocycles. The van der Waals surface area contributed by atoms with Gasteiger partial charge in [-0.1, -0.05) is 28.1 Å². The second-order valence-electron chi connectivity index (χ2n) is 2.79. The lowest BCUT2D eigenvalue weighted by Crippen LogP contribution is -2.14. The Morgan fingerprint density at radius 3 is 2.27 bits per heavy atom. The Morgan fingerprint density at radius 1 is 1.18 bits per heavy atom. The molecule has 0 radical (unpaired) electrons. The normalized spacial score (nSPS) is 17.9. The van der Waals surface area contributed by atoms with Gasteiger partial charge >= 0.3 is 0 Å². The quantitative estimate of drug-likeness (QED) is 0.712. The van der Waals surface area contributed by atoms with E-state index in [0.29, 0.717) is 0 Å². The summed E-state index contributed by atoms with van der Waals surface area (Å²) in [6.45, 7) is 0. The fourth-order valence-electron chi connectivity index (χ4n) is 1.16. The largest absolute Gasteiger partial charge is 0.161 e. The molecule has 2 heteroatoms. The summed E-state index contributed by atoms with van der Waals surface area (Å²) in [5.41, 5.74) is 1.49. The zero-order valence-electron chi connectivity index (χ0n) is 6.09. The third-order valence-corrected chi connectivity index (χ3v) is 3.78. The average molecular weight is 229 g/mol. The molecule has 0 atom stereocenters. The van der Waals surface area contributed by atoms with Crippen molar-refractivity contribution in [2.45, 2.75) is 5.92 Å². The Hall–Kier alpha value is 0.0500. The lowest BCUT2D eigenvalue weighted by atomic mass is 10.0. The van der Waals surface area contributed by atoms with E-state index in [1.165, 1.54) is 21.5 Å². The minimum Gasteiger partial charge on any atom is -0.161 e. The van der Waals surface area contributed by atoms with Gasteiger partial charge in [0, 0.05) is 21.9 Å². The molecule has 1 aliphatic rings. The number of hydrogen-bond donors (Lipinski definition) is 0. The van der Waals surface area contributed by atoms with Crippen LogP contribution in [0.15, 0.2) is 28.7 Å². The van der Waals surface area contributed by atoms with E-state index in [-0.39, 0.29) is 0 Å². The van der Waals surface area contributed by atoms with Crippen LogP contribution in [0.5, 0.6) is 0 Å². The van der Waals surface area contributed by atoms with Gasteiger partial charge in [0.1, 0.15) is 0 Å². The first-order valence-electron chi connectivity index (χ1n) is 3.69. The summed E-state index contributed by atoms with van der Waals surface area (Å²) in [6, 6.07) is 8.68. The van der Waals surface area contributed by atoms with Gasteiger partial charge < -0.3 is 0 Å². The molecule has 0 amide bonds. The molecule has 1 aromatic rings. The predicted octanol–water partition coefficient (Wildman–Crippen LogP) is 3.28. The van der Waals surface area contributed by atoms with E-state index in [9.17, 15) is 0 Å². The van der Waals surface area contributed by atoms with Crippen molar-refractivity contribution in [1.82, 2.24) is 0 Å². The van der Waals surface area contributed by atoms with E-state index in [1.807, 2.05) is 11.8 Å². The van der Waals surface area contributed by atoms with Gasteiger partial charge in [0.2, 0.25) is 0 Å². The van der Waals surface area contributed by atoms with Gasteiger partial charge in [0.05, 0.1) is 0 Å². The number of hydrogen-bond acceptors (Lipinski definition) is 1. The van der Waals surface area contributed by atoms with Crippen LogP contribution in [0, 0.1) is 0 Å². The maximum atomic E-state index is 3.43. The summed E-state index contributed by atoms with van der Waals surface area (Å²) in [6.07, 6.45) is 0. The average Bonchev–Trinajstić information content (AvgIpc) is 1.90. The first-order valence-corrected chi connectivity index (χ1v) is 5.64. The van der Waals surface area contributed by atoms with Gasteiger partial charge in [-0.3, -0.25) is 0 Å². The summed E-state index contributed by atoms with van der Waals surface area (Å²) in [7, 11) is 0. The van der Waals surface area contributed by atoms with E-state index in [1.54, 1.807) is 0 Å². The first kappa shape index (κ1) is 7.69. The van der Waals surface area contributed by atoms with Crippen molar-refractivity contribution < 1.29 is 0 Å². The Kier molecular flexibility index (Phi) is 2.23. The number of halogens is 1. The van der Waals surface area contributed by atoms with Gasteiger partial charge in [-0.05, 0) is 17.7 Å². The molecular formula is C9H9BrS. The van der Waals surface area contributed by atoms with Crippen LogP contribution in [0.3, 0.4) is 0 Å². The molecule has 1 aromatic carbocycles. The summed E-state index contributed by atoms with van der Waals surface area (Å²) in [4.78, 5) is 0. The van der Waals surface area contributed by atoms with Crippen LogP contribution >= 0.6 is 27.7 Å². The number of benzene rings is 1. The monoisotopic (exact) mass is 228 g/mol. The highest BCUT2D eigenvalue weighted by Gasteiger charge is 2.19. The van der Waals surface area contributed by atoms with Gasteiger partial charge in [-0.25, -0.2) is 0 Å². The molecule has 58 valence electrons. The zero-order chi connectivity index (χ0) is 7.68. The highest BCUT2D eigenvalue weighted by atomic mass is 79.9. The molecular weight excluding hydrogens is 220 g/mol. The fourth-order valence-corrected chi connectivity index (χ4v) is 2.28. The molecule has 2 rings (SSSR count). The van der Waals surface area contributed by atoms with Crippen LogP contribution in [0.4, 0.5) is 0 Å². The van der Waals surface area contributed by atoms with Crippen molar-refractivity contribution in [3.63, 3.8) is 0 Å². The molecule has 11 heavy (non-hydrogen) atoms. The maximum absolute atomic E-state index is 3.43. The van der Waals surface area contributed by atoms with E-state index < -0.39 is 0 Å². The van der Waals surface area contributed by atoms with Crippen LogP contribution in [-0.2, 0) is 0 Å². The van der Waals surface area contributed by atoms with E-state index >= 15 is 0 Å². The van der Waals surface area contributed by atoms with Crippen molar-refractivity contribution in [3.8, 4) is 0 Å². The maximum Gasteiger partial charge on any atom is 0.0175 e. The van der Waals surface area contributed by atoms with Crippen LogP contribution < -0.4 is 0 Å². The predicted molar refractivity (Wildman–Crippen MR) is 54.2 cm³/mol. The second-order valence-corrected chi connectivity index (χ2v) is 4.78. The first-order chi connectivity index (χ1) is 5.36. The van der Waals surface area contributed by atoms with Crippen LogP contribution in [-0.4, -0.2) is 11.5 Å². The summed E-state index contributed by atoms with van der Waals surface area (Å²) < 4.78 is 1.17. The SMILES string of the molecule is Brc1ccc(C2CSC2)cc1. The van der Waals surface area contributed by atoms with Gasteiger partial charge in [0.15, 0.2) is 0 Å². The van der Waals surface area contributed by atoms with Crippen LogP contribution in [0.2, 0.25) is 0 Å². The lowest BCUT2D eigenvalue weighted by Gasteiger charge is -2.25. The molecule has 1 fully saturated rings. The lowest BCUT2D eigenvalue weighted by molar-refractivity contribution is 0.849. The van der Waals surface area contributed by atoms with Crippen molar-refractivity contribution in [2.24, 2.45) is 0 Å². The third kappa shape index (κ3) is 1.62. The smallest absolute Gasteiger partial charge is 0.0175 e. The number of thioether (sulfide) groups is 1. The molecule has 0 aliphatic carbocycles. The molecule has 1 saturated heterocycles. The summed E-state index contributed by atoms with van der Waals surface area (Å²) in [5.74, 6) is 3.44. The van der Waals surface area contributed by atoms with Crippen molar-refractivity contribution in [2.75, 3.05) is 11.5 Å². The molecule has 0 N–H and O–H groups in total.